The minimum Gasteiger partial charge on any atom is -0.871 e. The SMILES string of the molecule is O=C1C(/C=C2/Sc3ccccc3N2CCCC[n+]2ccccc2)=C([O-])C/1=C\c1sc2ccccc2[n+]1CCCC[n+]1ccccc1. The highest BCUT2D eigenvalue weighted by atomic mass is 32.2. The van der Waals surface area contributed by atoms with Crippen LogP contribution in [0.25, 0.3) is 16.3 Å². The number of rotatable bonds is 12. The molecule has 6 nitrogen and oxygen atoms in total. The molecule has 0 radical (unpaired) electrons. The van der Waals surface area contributed by atoms with E-state index in [1.54, 1.807) is 23.1 Å². The minimum atomic E-state index is -0.168. The quantitative estimate of drug-likeness (QED) is 0.0986. The number of pyridine rings is 2. The van der Waals surface area contributed by atoms with E-state index in [9.17, 15) is 9.90 Å². The molecule has 1 aliphatic heterocycles. The number of Topliss-reactive ketones (excluding diaryl/α,β-unsaturated/α-hetero) is 1. The number of thioether (sulfide) groups is 1. The number of allylic oxidation sites excluding steroid dienone is 3. The van der Waals surface area contributed by atoms with Gasteiger partial charge in [-0.15, -0.1) is 0 Å². The van der Waals surface area contributed by atoms with Gasteiger partial charge >= 0.3 is 0 Å². The number of fused-ring (bicyclic) bond motifs is 2. The summed E-state index contributed by atoms with van der Waals surface area (Å²) in [6.45, 7) is 3.56. The molecule has 3 aromatic heterocycles. The first kappa shape index (κ1) is 30.1. The molecule has 2 aromatic carbocycles. The maximum atomic E-state index is 13.5. The topological polar surface area (TPSA) is 55.0 Å². The Morgan fingerprint density at radius 3 is 2.11 bits per heavy atom. The Balaban J connectivity index is 1.09. The summed E-state index contributed by atoms with van der Waals surface area (Å²) in [6.07, 6.45) is 16.1. The van der Waals surface area contributed by atoms with Crippen LogP contribution in [0.2, 0.25) is 0 Å². The Morgan fingerprint density at radius 2 is 1.37 bits per heavy atom. The molecule has 0 saturated carbocycles. The largest absolute Gasteiger partial charge is 0.871 e. The Kier molecular flexibility index (Phi) is 9.08. The van der Waals surface area contributed by atoms with Crippen molar-refractivity contribution in [2.45, 2.75) is 50.2 Å². The summed E-state index contributed by atoms with van der Waals surface area (Å²) in [5.74, 6) is -0.335. The minimum absolute atomic E-state index is 0.168. The van der Waals surface area contributed by atoms with Crippen LogP contribution in [0, 0.1) is 0 Å². The zero-order valence-electron chi connectivity index (χ0n) is 25.6. The second kappa shape index (κ2) is 13.8. The maximum Gasteiger partial charge on any atom is 0.263 e. The van der Waals surface area contributed by atoms with E-state index in [1.807, 2.05) is 72.8 Å². The van der Waals surface area contributed by atoms with E-state index in [0.29, 0.717) is 0 Å². The van der Waals surface area contributed by atoms with Gasteiger partial charge in [-0.2, -0.15) is 4.57 Å². The number of nitrogens with zero attached hydrogens (tertiary/aromatic N) is 4. The lowest BCUT2D eigenvalue weighted by Crippen LogP contribution is -2.37. The molecule has 8 heteroatoms. The summed E-state index contributed by atoms with van der Waals surface area (Å²) in [7, 11) is 0. The van der Waals surface area contributed by atoms with Gasteiger partial charge in [-0.05, 0) is 30.7 Å². The van der Waals surface area contributed by atoms with Crippen LogP contribution in [0.3, 0.4) is 0 Å². The Labute approximate surface area is 277 Å². The molecule has 0 amide bonds. The fourth-order valence-electron chi connectivity index (χ4n) is 6.02. The number of anilines is 1. The van der Waals surface area contributed by atoms with Gasteiger partial charge in [0.2, 0.25) is 5.52 Å². The molecular formula is C38H36N4O2S2+2. The van der Waals surface area contributed by atoms with Gasteiger partial charge in [-0.25, -0.2) is 9.13 Å². The maximum absolute atomic E-state index is 13.5. The number of para-hydroxylation sites is 2. The molecule has 46 heavy (non-hydrogen) atoms. The first-order valence-corrected chi connectivity index (χ1v) is 17.5. The summed E-state index contributed by atoms with van der Waals surface area (Å²) >= 11 is 3.27. The van der Waals surface area contributed by atoms with Gasteiger partial charge in [-0.3, -0.25) is 4.79 Å². The van der Waals surface area contributed by atoms with Crippen LogP contribution >= 0.6 is 23.1 Å². The van der Waals surface area contributed by atoms with Gasteiger partial charge in [0.15, 0.2) is 37.1 Å². The second-order valence-corrected chi connectivity index (χ2v) is 13.7. The number of carbonyl (C=O) groups excluding carboxylic acids is 1. The van der Waals surface area contributed by atoms with Crippen LogP contribution < -0.4 is 23.7 Å². The molecule has 1 aliphatic carbocycles. The number of unbranched alkanes of at least 4 members (excludes halogenated alkanes) is 2. The third kappa shape index (κ3) is 6.41. The molecule has 2 aliphatic rings. The summed E-state index contributed by atoms with van der Waals surface area (Å²) in [6, 6.07) is 28.9. The van der Waals surface area contributed by atoms with Crippen molar-refractivity contribution in [2.24, 2.45) is 0 Å². The highest BCUT2D eigenvalue weighted by Gasteiger charge is 2.31. The zero-order valence-corrected chi connectivity index (χ0v) is 27.3. The normalized spacial score (nSPS) is 16.1. The first-order valence-electron chi connectivity index (χ1n) is 15.9. The van der Waals surface area contributed by atoms with Crippen molar-refractivity contribution in [1.29, 1.82) is 0 Å². The highest BCUT2D eigenvalue weighted by Crippen LogP contribution is 2.47. The molecule has 0 unspecified atom stereocenters. The molecule has 5 aromatic rings. The van der Waals surface area contributed by atoms with Gasteiger partial charge in [0.05, 0.1) is 10.7 Å². The molecule has 0 bridgehead atoms. The van der Waals surface area contributed by atoms with E-state index in [0.717, 1.165) is 82.7 Å². The summed E-state index contributed by atoms with van der Waals surface area (Å²) in [5.41, 5.74) is 2.83. The van der Waals surface area contributed by atoms with Crippen LogP contribution in [0.1, 0.15) is 30.7 Å². The fourth-order valence-corrected chi connectivity index (χ4v) is 8.28. The first-order chi connectivity index (χ1) is 22.7. The van der Waals surface area contributed by atoms with Crippen LogP contribution in [0.5, 0.6) is 0 Å². The average Bonchev–Trinajstić information content (AvgIpc) is 3.64. The molecule has 4 heterocycles. The molecule has 0 N–H and O–H groups in total. The van der Waals surface area contributed by atoms with E-state index in [4.69, 9.17) is 0 Å². The van der Waals surface area contributed by atoms with Crippen molar-refractivity contribution in [3.05, 3.63) is 143 Å². The number of carbonyl (C=O) groups is 1. The average molecular weight is 645 g/mol. The Bertz CT molecular complexity index is 1960. The predicted octanol–water partition coefficient (Wildman–Crippen LogP) is 5.76. The van der Waals surface area contributed by atoms with Gasteiger partial charge in [-0.1, -0.05) is 65.3 Å². The van der Waals surface area contributed by atoms with Gasteiger partial charge in [0.1, 0.15) is 17.8 Å². The van der Waals surface area contributed by atoms with Crippen molar-refractivity contribution in [3.63, 3.8) is 0 Å². The van der Waals surface area contributed by atoms with Gasteiger partial charge in [0.25, 0.3) is 5.01 Å². The van der Waals surface area contributed by atoms with Crippen molar-refractivity contribution < 1.29 is 23.6 Å². The van der Waals surface area contributed by atoms with Crippen LogP contribution in [0.15, 0.2) is 143 Å². The van der Waals surface area contributed by atoms with E-state index < -0.39 is 0 Å². The molecule has 0 spiro atoms. The lowest BCUT2D eigenvalue weighted by Gasteiger charge is -2.29. The molecule has 0 saturated heterocycles. The van der Waals surface area contributed by atoms with Crippen molar-refractivity contribution >= 4 is 50.9 Å². The lowest BCUT2D eigenvalue weighted by molar-refractivity contribution is -0.701. The predicted molar refractivity (Wildman–Crippen MR) is 181 cm³/mol. The molecular weight excluding hydrogens is 609 g/mol. The number of hydrogen-bond donors (Lipinski definition) is 0. The second-order valence-electron chi connectivity index (χ2n) is 11.5. The number of benzene rings is 2. The standard InChI is InChI=1S/C38H36N4O2S2/c43-37-29(27-35-41(31-15-3-5-17-33(31)45-35)25-13-11-23-39-19-7-1-8-20-39)38(44)30(37)28-36-42(32-16-4-6-18-34(32)46-36)26-14-12-24-40-21-9-2-10-22-40/h1-10,15-22,27-28H,11-14,23-26H2/q+2. The Morgan fingerprint density at radius 1 is 0.717 bits per heavy atom. The van der Waals surface area contributed by atoms with Crippen molar-refractivity contribution in [2.75, 3.05) is 11.4 Å². The number of aromatic nitrogens is 3. The van der Waals surface area contributed by atoms with Crippen molar-refractivity contribution in [1.82, 2.24) is 0 Å². The smallest absolute Gasteiger partial charge is 0.263 e. The third-order valence-electron chi connectivity index (χ3n) is 8.44. The molecule has 7 rings (SSSR count). The van der Waals surface area contributed by atoms with Gasteiger partial charge in [0, 0.05) is 78.3 Å². The van der Waals surface area contributed by atoms with Crippen molar-refractivity contribution in [3.8, 4) is 0 Å². The van der Waals surface area contributed by atoms with Crippen LogP contribution in [0.4, 0.5) is 5.69 Å². The molecule has 0 fully saturated rings. The Hall–Kier alpha value is -4.53. The summed E-state index contributed by atoms with van der Waals surface area (Å²) < 4.78 is 7.81. The fraction of sp³-hybridized carbons (Fsp3) is 0.211. The summed E-state index contributed by atoms with van der Waals surface area (Å²) in [5, 5.41) is 15.4. The van der Waals surface area contributed by atoms with E-state index in [2.05, 4.69) is 67.7 Å². The monoisotopic (exact) mass is 644 g/mol. The van der Waals surface area contributed by atoms with Crippen LogP contribution in [-0.4, -0.2) is 12.3 Å². The van der Waals surface area contributed by atoms with E-state index in [-0.39, 0.29) is 22.7 Å². The number of aryl methyl sites for hydroxylation is 3. The molecule has 230 valence electrons. The number of ketones is 1. The number of thiazole rings is 1. The lowest BCUT2D eigenvalue weighted by atomic mass is 9.88. The third-order valence-corrected chi connectivity index (χ3v) is 10.7. The van der Waals surface area contributed by atoms with E-state index >= 15 is 0 Å². The van der Waals surface area contributed by atoms with E-state index in [1.165, 1.54) is 0 Å². The molecule has 0 atom stereocenters. The number of hydrogen-bond acceptors (Lipinski definition) is 5. The van der Waals surface area contributed by atoms with Gasteiger partial charge < -0.3 is 10.0 Å². The summed E-state index contributed by atoms with van der Waals surface area (Å²) in [4.78, 5) is 16.9. The highest BCUT2D eigenvalue weighted by molar-refractivity contribution is 8.03. The zero-order chi connectivity index (χ0) is 31.3. The van der Waals surface area contributed by atoms with Crippen LogP contribution in [-0.2, 0) is 24.4 Å².